The summed E-state index contributed by atoms with van der Waals surface area (Å²) in [7, 11) is 5.41. The van der Waals surface area contributed by atoms with Crippen LogP contribution in [0.1, 0.15) is 10.4 Å². The van der Waals surface area contributed by atoms with Gasteiger partial charge >= 0.3 is 12.0 Å². The van der Waals surface area contributed by atoms with Crippen molar-refractivity contribution in [2.24, 2.45) is 0 Å². The van der Waals surface area contributed by atoms with Gasteiger partial charge in [0.25, 0.3) is 0 Å². The Kier molecular flexibility index (Phi) is 5.45. The summed E-state index contributed by atoms with van der Waals surface area (Å²) in [5.74, 6) is -2.23. The van der Waals surface area contributed by atoms with Crippen LogP contribution in [0, 0.1) is 5.82 Å². The SMILES string of the molecule is CN(C)CCN(C)C(=O)Nc1ccc(C(=O)O)c(F)c1. The Morgan fingerprint density at radius 2 is 1.90 bits per heavy atom. The molecule has 0 aromatic heterocycles. The molecule has 6 nitrogen and oxygen atoms in total. The second-order valence-electron chi connectivity index (χ2n) is 4.65. The fraction of sp³-hybridized carbons (Fsp3) is 0.385. The number of urea groups is 1. The maximum Gasteiger partial charge on any atom is 0.338 e. The number of carbonyl (C=O) groups is 2. The summed E-state index contributed by atoms with van der Waals surface area (Å²) in [6.07, 6.45) is 0. The van der Waals surface area contributed by atoms with E-state index in [2.05, 4.69) is 5.32 Å². The summed E-state index contributed by atoms with van der Waals surface area (Å²) in [5.41, 5.74) is -0.210. The number of aromatic carboxylic acids is 1. The smallest absolute Gasteiger partial charge is 0.338 e. The Bertz CT molecular complexity index is 506. The highest BCUT2D eigenvalue weighted by atomic mass is 19.1. The highest BCUT2D eigenvalue weighted by Crippen LogP contribution is 2.15. The highest BCUT2D eigenvalue weighted by Gasteiger charge is 2.13. The van der Waals surface area contributed by atoms with E-state index in [1.807, 2.05) is 19.0 Å². The lowest BCUT2D eigenvalue weighted by Crippen LogP contribution is -2.36. The molecule has 7 heteroatoms. The van der Waals surface area contributed by atoms with Gasteiger partial charge in [-0.15, -0.1) is 0 Å². The lowest BCUT2D eigenvalue weighted by molar-refractivity contribution is 0.0692. The van der Waals surface area contributed by atoms with E-state index in [9.17, 15) is 14.0 Å². The predicted octanol–water partition coefficient (Wildman–Crippen LogP) is 1.55. The molecule has 1 rings (SSSR count). The second-order valence-corrected chi connectivity index (χ2v) is 4.65. The number of hydrogen-bond donors (Lipinski definition) is 2. The number of nitrogens with one attached hydrogen (secondary N) is 1. The minimum absolute atomic E-state index is 0.217. The van der Waals surface area contributed by atoms with Crippen LogP contribution in [0.25, 0.3) is 0 Å². The number of likely N-dealkylation sites (N-methyl/N-ethyl adjacent to an activating group) is 2. The van der Waals surface area contributed by atoms with E-state index >= 15 is 0 Å². The summed E-state index contributed by atoms with van der Waals surface area (Å²) in [5, 5.41) is 11.2. The van der Waals surface area contributed by atoms with Crippen molar-refractivity contribution in [3.05, 3.63) is 29.6 Å². The van der Waals surface area contributed by atoms with Crippen LogP contribution in [-0.4, -0.2) is 61.1 Å². The first kappa shape index (κ1) is 15.9. The maximum atomic E-state index is 13.5. The van der Waals surface area contributed by atoms with Crippen molar-refractivity contribution in [3.63, 3.8) is 0 Å². The molecule has 0 saturated carbocycles. The molecule has 1 aromatic carbocycles. The van der Waals surface area contributed by atoms with Crippen LogP contribution >= 0.6 is 0 Å². The highest BCUT2D eigenvalue weighted by molar-refractivity contribution is 5.91. The van der Waals surface area contributed by atoms with Gasteiger partial charge in [0, 0.05) is 25.8 Å². The lowest BCUT2D eigenvalue weighted by atomic mass is 10.2. The third kappa shape index (κ3) is 4.51. The molecule has 0 aliphatic carbocycles. The molecule has 0 spiro atoms. The van der Waals surface area contributed by atoms with E-state index in [-0.39, 0.29) is 11.7 Å². The van der Waals surface area contributed by atoms with E-state index in [1.165, 1.54) is 11.0 Å². The van der Waals surface area contributed by atoms with Crippen LogP contribution in [0.3, 0.4) is 0 Å². The standard InChI is InChI=1S/C13H18FN3O3/c1-16(2)6-7-17(3)13(20)15-9-4-5-10(12(18)19)11(14)8-9/h4-5,8H,6-7H2,1-3H3,(H,15,20)(H,18,19). The quantitative estimate of drug-likeness (QED) is 0.860. The van der Waals surface area contributed by atoms with Crippen LogP contribution in [0.15, 0.2) is 18.2 Å². The molecule has 0 saturated heterocycles. The Morgan fingerprint density at radius 1 is 1.25 bits per heavy atom. The molecule has 0 radical (unpaired) electrons. The van der Waals surface area contributed by atoms with Gasteiger partial charge in [-0.2, -0.15) is 0 Å². The van der Waals surface area contributed by atoms with Gasteiger partial charge in [-0.1, -0.05) is 0 Å². The molecular formula is C13H18FN3O3. The van der Waals surface area contributed by atoms with Crippen LogP contribution in [0.5, 0.6) is 0 Å². The number of rotatable bonds is 5. The minimum Gasteiger partial charge on any atom is -0.478 e. The number of amides is 2. The van der Waals surface area contributed by atoms with Crippen molar-refractivity contribution in [1.29, 1.82) is 0 Å². The number of nitrogens with zero attached hydrogens (tertiary/aromatic N) is 2. The molecule has 0 aliphatic heterocycles. The third-order valence-electron chi connectivity index (χ3n) is 2.68. The van der Waals surface area contributed by atoms with Crippen LogP contribution in [0.2, 0.25) is 0 Å². The Hall–Kier alpha value is -2.15. The molecule has 0 unspecified atom stereocenters. The first-order valence-corrected chi connectivity index (χ1v) is 6.01. The van der Waals surface area contributed by atoms with Gasteiger partial charge in [0.05, 0.1) is 5.56 Å². The fourth-order valence-corrected chi connectivity index (χ4v) is 1.44. The molecule has 0 bridgehead atoms. The van der Waals surface area contributed by atoms with E-state index < -0.39 is 17.3 Å². The molecule has 1 aromatic rings. The van der Waals surface area contributed by atoms with Gasteiger partial charge in [0.15, 0.2) is 0 Å². The monoisotopic (exact) mass is 283 g/mol. The van der Waals surface area contributed by atoms with Crippen LogP contribution in [-0.2, 0) is 0 Å². The Morgan fingerprint density at radius 3 is 2.40 bits per heavy atom. The van der Waals surface area contributed by atoms with Crippen LogP contribution in [0.4, 0.5) is 14.9 Å². The molecule has 0 aliphatic rings. The van der Waals surface area contributed by atoms with Gasteiger partial charge in [-0.3, -0.25) is 0 Å². The van der Waals surface area contributed by atoms with Crippen molar-refractivity contribution >= 4 is 17.7 Å². The Labute approximate surface area is 116 Å². The van der Waals surface area contributed by atoms with Gasteiger partial charge in [-0.25, -0.2) is 14.0 Å². The number of benzene rings is 1. The molecule has 2 N–H and O–H groups in total. The van der Waals surface area contributed by atoms with E-state index in [0.717, 1.165) is 12.1 Å². The van der Waals surface area contributed by atoms with Crippen molar-refractivity contribution in [2.45, 2.75) is 0 Å². The van der Waals surface area contributed by atoms with Crippen LogP contribution < -0.4 is 5.32 Å². The van der Waals surface area contributed by atoms with E-state index in [1.54, 1.807) is 7.05 Å². The summed E-state index contributed by atoms with van der Waals surface area (Å²) < 4.78 is 13.5. The van der Waals surface area contributed by atoms with E-state index in [4.69, 9.17) is 5.11 Å². The summed E-state index contributed by atoms with van der Waals surface area (Å²) in [6, 6.07) is 3.08. The van der Waals surface area contributed by atoms with Crippen molar-refractivity contribution in [1.82, 2.24) is 9.80 Å². The van der Waals surface area contributed by atoms with Gasteiger partial charge < -0.3 is 20.2 Å². The van der Waals surface area contributed by atoms with Gasteiger partial charge in [0.1, 0.15) is 5.82 Å². The van der Waals surface area contributed by atoms with Crippen molar-refractivity contribution in [2.75, 3.05) is 39.5 Å². The number of carboxylic acid groups (broad SMARTS) is 1. The normalized spacial score (nSPS) is 10.4. The van der Waals surface area contributed by atoms with Crippen molar-refractivity contribution in [3.8, 4) is 0 Å². The largest absolute Gasteiger partial charge is 0.478 e. The number of carbonyl (C=O) groups excluding carboxylic acids is 1. The second kappa shape index (κ2) is 6.85. The predicted molar refractivity (Wildman–Crippen MR) is 73.6 cm³/mol. The number of hydrogen-bond acceptors (Lipinski definition) is 3. The molecule has 0 heterocycles. The Balaban J connectivity index is 2.66. The molecule has 2 amide bonds. The molecule has 0 fully saturated rings. The number of halogens is 1. The van der Waals surface area contributed by atoms with E-state index in [0.29, 0.717) is 13.1 Å². The minimum atomic E-state index is -1.34. The van der Waals surface area contributed by atoms with Gasteiger partial charge in [-0.05, 0) is 32.3 Å². The average molecular weight is 283 g/mol. The summed E-state index contributed by atoms with van der Waals surface area (Å²) >= 11 is 0. The summed E-state index contributed by atoms with van der Waals surface area (Å²) in [6.45, 7) is 1.23. The first-order chi connectivity index (χ1) is 9.31. The van der Waals surface area contributed by atoms with Gasteiger partial charge in [0.2, 0.25) is 0 Å². The fourth-order valence-electron chi connectivity index (χ4n) is 1.44. The zero-order valence-corrected chi connectivity index (χ0v) is 11.7. The maximum absolute atomic E-state index is 13.5. The molecule has 0 atom stereocenters. The van der Waals surface area contributed by atoms with Crippen molar-refractivity contribution < 1.29 is 19.1 Å². The molecule has 110 valence electrons. The number of anilines is 1. The zero-order valence-electron chi connectivity index (χ0n) is 11.7. The topological polar surface area (TPSA) is 72.9 Å². The number of carboxylic acids is 1. The molecule has 20 heavy (non-hydrogen) atoms. The molecular weight excluding hydrogens is 265 g/mol. The summed E-state index contributed by atoms with van der Waals surface area (Å²) in [4.78, 5) is 25.9. The zero-order chi connectivity index (χ0) is 15.3. The third-order valence-corrected chi connectivity index (χ3v) is 2.68. The lowest BCUT2D eigenvalue weighted by Gasteiger charge is -2.20. The first-order valence-electron chi connectivity index (χ1n) is 6.01. The average Bonchev–Trinajstić information content (AvgIpc) is 2.35.